The molecule has 0 aliphatic rings. The Kier molecular flexibility index (Phi) is 6.03. The summed E-state index contributed by atoms with van der Waals surface area (Å²) in [5.74, 6) is 0.278. The highest BCUT2D eigenvalue weighted by Gasteiger charge is 2.16. The second kappa shape index (κ2) is 8.02. The van der Waals surface area contributed by atoms with E-state index in [1.54, 1.807) is 36.4 Å². The number of hydrogen-bond donors (Lipinski definition) is 2. The standard InChI is InChI=1S/C18H22N2O4S/c1-4-24-17-11-6-5-10-16(17)18(21)19-13(2)14-8-7-9-15(12-14)20-25(3,22)23/h5-13,20H,4H2,1-3H3,(H,19,21). The first kappa shape index (κ1) is 18.8. The largest absolute Gasteiger partial charge is 0.493 e. The summed E-state index contributed by atoms with van der Waals surface area (Å²) < 4.78 is 30.6. The van der Waals surface area contributed by atoms with E-state index in [1.807, 2.05) is 26.0 Å². The van der Waals surface area contributed by atoms with Crippen molar-refractivity contribution < 1.29 is 17.9 Å². The minimum Gasteiger partial charge on any atom is -0.493 e. The number of para-hydroxylation sites is 1. The molecule has 0 heterocycles. The predicted molar refractivity (Wildman–Crippen MR) is 98.4 cm³/mol. The first-order valence-electron chi connectivity index (χ1n) is 7.90. The number of nitrogens with one attached hydrogen (secondary N) is 2. The Morgan fingerprint density at radius 3 is 2.56 bits per heavy atom. The monoisotopic (exact) mass is 362 g/mol. The number of ether oxygens (including phenoxy) is 1. The Hall–Kier alpha value is -2.54. The highest BCUT2D eigenvalue weighted by atomic mass is 32.2. The van der Waals surface area contributed by atoms with Crippen LogP contribution in [0.2, 0.25) is 0 Å². The number of carbonyl (C=O) groups is 1. The van der Waals surface area contributed by atoms with Gasteiger partial charge in [-0.25, -0.2) is 8.42 Å². The number of hydrogen-bond acceptors (Lipinski definition) is 4. The molecule has 0 bridgehead atoms. The molecule has 2 N–H and O–H groups in total. The van der Waals surface area contributed by atoms with Crippen molar-refractivity contribution in [2.24, 2.45) is 0 Å². The lowest BCUT2D eigenvalue weighted by Crippen LogP contribution is -2.27. The first-order chi connectivity index (χ1) is 11.8. The molecule has 2 aromatic rings. The summed E-state index contributed by atoms with van der Waals surface area (Å²) in [6.45, 7) is 4.16. The van der Waals surface area contributed by atoms with Gasteiger partial charge >= 0.3 is 0 Å². The van der Waals surface area contributed by atoms with Crippen LogP contribution >= 0.6 is 0 Å². The van der Waals surface area contributed by atoms with Gasteiger partial charge in [0, 0.05) is 5.69 Å². The van der Waals surface area contributed by atoms with Crippen molar-refractivity contribution in [3.63, 3.8) is 0 Å². The third kappa shape index (κ3) is 5.49. The Morgan fingerprint density at radius 2 is 1.88 bits per heavy atom. The summed E-state index contributed by atoms with van der Waals surface area (Å²) >= 11 is 0. The third-order valence-electron chi connectivity index (χ3n) is 3.47. The van der Waals surface area contributed by atoms with Gasteiger partial charge in [-0.15, -0.1) is 0 Å². The van der Waals surface area contributed by atoms with Crippen LogP contribution in [-0.2, 0) is 10.0 Å². The molecule has 0 saturated carbocycles. The fourth-order valence-corrected chi connectivity index (χ4v) is 2.93. The highest BCUT2D eigenvalue weighted by Crippen LogP contribution is 2.21. The number of benzene rings is 2. The molecule has 2 rings (SSSR count). The average molecular weight is 362 g/mol. The van der Waals surface area contributed by atoms with Gasteiger partial charge in [0.15, 0.2) is 0 Å². The molecule has 1 amide bonds. The minimum atomic E-state index is -3.35. The van der Waals surface area contributed by atoms with Gasteiger partial charge in [-0.1, -0.05) is 24.3 Å². The van der Waals surface area contributed by atoms with Gasteiger partial charge in [0.1, 0.15) is 5.75 Å². The summed E-state index contributed by atoms with van der Waals surface area (Å²) in [6, 6.07) is 13.7. The molecular weight excluding hydrogens is 340 g/mol. The molecule has 0 spiro atoms. The molecule has 1 unspecified atom stereocenters. The molecule has 2 aromatic carbocycles. The molecule has 25 heavy (non-hydrogen) atoms. The van der Waals surface area contributed by atoms with Gasteiger partial charge in [-0.3, -0.25) is 9.52 Å². The molecule has 0 aliphatic heterocycles. The van der Waals surface area contributed by atoms with E-state index in [2.05, 4.69) is 10.0 Å². The molecule has 1 atom stereocenters. The number of amides is 1. The summed E-state index contributed by atoms with van der Waals surface area (Å²) in [5.41, 5.74) is 1.70. The molecule has 0 aliphatic carbocycles. The number of sulfonamides is 1. The lowest BCUT2D eigenvalue weighted by molar-refractivity contribution is 0.0936. The summed E-state index contributed by atoms with van der Waals surface area (Å²) in [6.07, 6.45) is 1.09. The van der Waals surface area contributed by atoms with E-state index in [4.69, 9.17) is 4.74 Å². The third-order valence-corrected chi connectivity index (χ3v) is 4.08. The Morgan fingerprint density at radius 1 is 1.16 bits per heavy atom. The van der Waals surface area contributed by atoms with Crippen LogP contribution in [0.4, 0.5) is 5.69 Å². The Bertz CT molecular complexity index is 850. The molecular formula is C18H22N2O4S. The maximum Gasteiger partial charge on any atom is 0.255 e. The maximum absolute atomic E-state index is 12.5. The smallest absolute Gasteiger partial charge is 0.255 e. The van der Waals surface area contributed by atoms with Crippen LogP contribution in [0.1, 0.15) is 35.8 Å². The van der Waals surface area contributed by atoms with Crippen molar-refractivity contribution in [1.82, 2.24) is 5.32 Å². The molecule has 0 saturated heterocycles. The lowest BCUT2D eigenvalue weighted by Gasteiger charge is -2.17. The molecule has 7 heteroatoms. The Balaban J connectivity index is 2.15. The fraction of sp³-hybridized carbons (Fsp3) is 0.278. The molecule has 134 valence electrons. The van der Waals surface area contributed by atoms with Crippen LogP contribution in [0.5, 0.6) is 5.75 Å². The van der Waals surface area contributed by atoms with Crippen LogP contribution in [0.3, 0.4) is 0 Å². The van der Waals surface area contributed by atoms with Gasteiger partial charge in [-0.05, 0) is 43.7 Å². The topological polar surface area (TPSA) is 84.5 Å². The van der Waals surface area contributed by atoms with E-state index in [1.165, 1.54) is 0 Å². The zero-order valence-electron chi connectivity index (χ0n) is 14.4. The van der Waals surface area contributed by atoms with Gasteiger partial charge in [0.25, 0.3) is 5.91 Å². The van der Waals surface area contributed by atoms with E-state index >= 15 is 0 Å². The van der Waals surface area contributed by atoms with E-state index in [0.717, 1.165) is 11.8 Å². The second-order valence-corrected chi connectivity index (χ2v) is 7.37. The maximum atomic E-state index is 12.5. The van der Waals surface area contributed by atoms with E-state index in [9.17, 15) is 13.2 Å². The van der Waals surface area contributed by atoms with Gasteiger partial charge < -0.3 is 10.1 Å². The van der Waals surface area contributed by atoms with Gasteiger partial charge in [-0.2, -0.15) is 0 Å². The van der Waals surface area contributed by atoms with E-state index in [0.29, 0.717) is 23.6 Å². The SMILES string of the molecule is CCOc1ccccc1C(=O)NC(C)c1cccc(NS(C)(=O)=O)c1. The van der Waals surface area contributed by atoms with Crippen LogP contribution in [0, 0.1) is 0 Å². The molecule has 0 fully saturated rings. The predicted octanol–water partition coefficient (Wildman–Crippen LogP) is 2.95. The van der Waals surface area contributed by atoms with Crippen molar-refractivity contribution in [2.45, 2.75) is 19.9 Å². The average Bonchev–Trinajstić information content (AvgIpc) is 2.54. The quantitative estimate of drug-likeness (QED) is 0.793. The van der Waals surface area contributed by atoms with E-state index < -0.39 is 10.0 Å². The van der Waals surface area contributed by atoms with Crippen molar-refractivity contribution in [1.29, 1.82) is 0 Å². The van der Waals surface area contributed by atoms with E-state index in [-0.39, 0.29) is 11.9 Å². The zero-order valence-corrected chi connectivity index (χ0v) is 15.3. The number of anilines is 1. The van der Waals surface area contributed by atoms with Crippen molar-refractivity contribution >= 4 is 21.6 Å². The van der Waals surface area contributed by atoms with Crippen molar-refractivity contribution in [3.05, 3.63) is 59.7 Å². The van der Waals surface area contributed by atoms with Crippen LogP contribution < -0.4 is 14.8 Å². The molecule has 0 radical (unpaired) electrons. The second-order valence-electron chi connectivity index (χ2n) is 5.62. The summed E-state index contributed by atoms with van der Waals surface area (Å²) in [4.78, 5) is 12.5. The summed E-state index contributed by atoms with van der Waals surface area (Å²) in [5, 5.41) is 2.91. The van der Waals surface area contributed by atoms with Crippen LogP contribution in [0.15, 0.2) is 48.5 Å². The molecule has 0 aromatic heterocycles. The normalized spacial score (nSPS) is 12.3. The Labute approximate surface area is 148 Å². The van der Waals surface area contributed by atoms with Crippen molar-refractivity contribution in [2.75, 3.05) is 17.6 Å². The fourth-order valence-electron chi connectivity index (χ4n) is 2.38. The number of carbonyl (C=O) groups excluding carboxylic acids is 1. The van der Waals surface area contributed by atoms with Crippen LogP contribution in [-0.4, -0.2) is 27.2 Å². The zero-order chi connectivity index (χ0) is 18.4. The highest BCUT2D eigenvalue weighted by molar-refractivity contribution is 7.92. The van der Waals surface area contributed by atoms with Crippen LogP contribution in [0.25, 0.3) is 0 Å². The van der Waals surface area contributed by atoms with Gasteiger partial charge in [0.05, 0.1) is 24.5 Å². The molecule has 6 nitrogen and oxygen atoms in total. The van der Waals surface area contributed by atoms with Crippen molar-refractivity contribution in [3.8, 4) is 5.75 Å². The summed E-state index contributed by atoms with van der Waals surface area (Å²) in [7, 11) is -3.35. The minimum absolute atomic E-state index is 0.252. The van der Waals surface area contributed by atoms with Gasteiger partial charge in [0.2, 0.25) is 10.0 Å². The lowest BCUT2D eigenvalue weighted by atomic mass is 10.1. The number of rotatable bonds is 7. The first-order valence-corrected chi connectivity index (χ1v) is 9.79.